The molecule has 0 spiro atoms. The topological polar surface area (TPSA) is 26.2 Å². The van der Waals surface area contributed by atoms with Crippen LogP contribution in [-0.4, -0.2) is 23.6 Å². The maximum Gasteiger partial charge on any atom is 0.522 e. The Labute approximate surface area is 120 Å². The lowest BCUT2D eigenvalue weighted by Crippen LogP contribution is -2.17. The second-order valence-electron chi connectivity index (χ2n) is 5.35. The van der Waals surface area contributed by atoms with Crippen molar-refractivity contribution in [3.05, 3.63) is 36.0 Å². The van der Waals surface area contributed by atoms with E-state index in [2.05, 4.69) is 10.1 Å². The minimum absolute atomic E-state index is 0.183. The first kappa shape index (κ1) is 14.4. The molecule has 0 unspecified atom stereocenters. The fraction of sp³-hybridized carbons (Fsp3) is 0.467. The highest BCUT2D eigenvalue weighted by atomic mass is 19.4. The van der Waals surface area contributed by atoms with Crippen molar-refractivity contribution in [2.75, 3.05) is 6.61 Å². The van der Waals surface area contributed by atoms with E-state index in [0.717, 1.165) is 23.0 Å². The molecule has 1 heterocycles. The number of nitrogens with zero attached hydrogens (tertiary/aromatic N) is 1. The van der Waals surface area contributed by atoms with E-state index in [1.54, 1.807) is 10.8 Å². The second-order valence-corrected chi connectivity index (χ2v) is 5.35. The van der Waals surface area contributed by atoms with Gasteiger partial charge in [-0.1, -0.05) is 12.1 Å². The number of hydrogen-bond donors (Lipinski definition) is 1. The molecule has 1 saturated carbocycles. The number of halogens is 3. The second kappa shape index (κ2) is 5.69. The quantitative estimate of drug-likeness (QED) is 0.884. The first-order chi connectivity index (χ1) is 10.0. The Morgan fingerprint density at radius 1 is 1.24 bits per heavy atom. The van der Waals surface area contributed by atoms with Crippen LogP contribution in [0, 0.1) is 0 Å². The van der Waals surface area contributed by atoms with Crippen LogP contribution in [0.2, 0.25) is 0 Å². The Balaban J connectivity index is 1.67. The summed E-state index contributed by atoms with van der Waals surface area (Å²) in [7, 11) is 0. The zero-order valence-electron chi connectivity index (χ0n) is 11.5. The third-order valence-corrected chi connectivity index (χ3v) is 3.61. The fourth-order valence-corrected chi connectivity index (χ4v) is 2.34. The van der Waals surface area contributed by atoms with Crippen molar-refractivity contribution in [1.82, 2.24) is 9.88 Å². The molecule has 1 aromatic carbocycles. The lowest BCUT2D eigenvalue weighted by atomic mass is 10.1. The molecule has 1 aliphatic rings. The standard InChI is InChI=1S/C15H17F3N2O/c16-15(17,18)21-8-7-20-6-5-12-2-1-11(9-14(12)20)10-19-13-3-4-13/h1-2,5-6,9,13,19H,3-4,7-8,10H2. The maximum atomic E-state index is 12.0. The summed E-state index contributed by atoms with van der Waals surface area (Å²) in [5.74, 6) is 0. The highest BCUT2D eigenvalue weighted by molar-refractivity contribution is 5.80. The van der Waals surface area contributed by atoms with Gasteiger partial charge >= 0.3 is 6.36 Å². The van der Waals surface area contributed by atoms with Crippen LogP contribution < -0.4 is 5.32 Å². The number of nitrogens with one attached hydrogen (secondary N) is 1. The summed E-state index contributed by atoms with van der Waals surface area (Å²) in [5.41, 5.74) is 2.09. The van der Waals surface area contributed by atoms with Gasteiger partial charge in [-0.3, -0.25) is 4.74 Å². The van der Waals surface area contributed by atoms with Gasteiger partial charge in [0.15, 0.2) is 0 Å². The summed E-state index contributed by atoms with van der Waals surface area (Å²) in [5, 5.41) is 4.45. The van der Waals surface area contributed by atoms with Gasteiger partial charge in [-0.15, -0.1) is 13.2 Å². The van der Waals surface area contributed by atoms with E-state index >= 15 is 0 Å². The lowest BCUT2D eigenvalue weighted by Gasteiger charge is -2.10. The molecule has 1 aromatic heterocycles. The Bertz CT molecular complexity index is 617. The molecular weight excluding hydrogens is 281 g/mol. The number of ether oxygens (including phenoxy) is 1. The van der Waals surface area contributed by atoms with Crippen molar-refractivity contribution in [1.29, 1.82) is 0 Å². The molecule has 6 heteroatoms. The summed E-state index contributed by atoms with van der Waals surface area (Å²) in [6, 6.07) is 8.61. The number of alkyl halides is 3. The largest absolute Gasteiger partial charge is 0.522 e. The summed E-state index contributed by atoms with van der Waals surface area (Å²) in [6.45, 7) is 0.602. The Morgan fingerprint density at radius 3 is 2.76 bits per heavy atom. The van der Waals surface area contributed by atoms with Crippen LogP contribution in [-0.2, 0) is 17.8 Å². The van der Waals surface area contributed by atoms with E-state index in [0.29, 0.717) is 6.04 Å². The van der Waals surface area contributed by atoms with Gasteiger partial charge in [0.05, 0.1) is 6.61 Å². The molecule has 0 radical (unpaired) electrons. The number of aromatic nitrogens is 1. The SMILES string of the molecule is FC(F)(F)OCCn1ccc2ccc(CNC3CC3)cc21. The highest BCUT2D eigenvalue weighted by Gasteiger charge is 2.28. The first-order valence-electron chi connectivity index (χ1n) is 7.03. The molecule has 0 aliphatic heterocycles. The molecular formula is C15H17F3N2O. The average Bonchev–Trinajstić information content (AvgIpc) is 3.17. The van der Waals surface area contributed by atoms with E-state index in [1.165, 1.54) is 12.8 Å². The van der Waals surface area contributed by atoms with E-state index in [4.69, 9.17) is 0 Å². The molecule has 1 aliphatic carbocycles. The van der Waals surface area contributed by atoms with Gasteiger partial charge in [0, 0.05) is 30.8 Å². The van der Waals surface area contributed by atoms with Crippen LogP contribution in [0.1, 0.15) is 18.4 Å². The van der Waals surface area contributed by atoms with E-state index in [-0.39, 0.29) is 13.2 Å². The maximum absolute atomic E-state index is 12.0. The van der Waals surface area contributed by atoms with Gasteiger partial charge in [0.2, 0.25) is 0 Å². The third kappa shape index (κ3) is 3.98. The minimum Gasteiger partial charge on any atom is -0.345 e. The third-order valence-electron chi connectivity index (χ3n) is 3.61. The van der Waals surface area contributed by atoms with Crippen LogP contribution in [0.4, 0.5) is 13.2 Å². The Morgan fingerprint density at radius 2 is 2.05 bits per heavy atom. The highest BCUT2D eigenvalue weighted by Crippen LogP contribution is 2.22. The van der Waals surface area contributed by atoms with Crippen molar-refractivity contribution in [2.24, 2.45) is 0 Å². The van der Waals surface area contributed by atoms with Crippen LogP contribution in [0.15, 0.2) is 30.5 Å². The van der Waals surface area contributed by atoms with Gasteiger partial charge in [-0.05, 0) is 35.9 Å². The van der Waals surface area contributed by atoms with Crippen molar-refractivity contribution < 1.29 is 17.9 Å². The smallest absolute Gasteiger partial charge is 0.345 e. The summed E-state index contributed by atoms with van der Waals surface area (Å²) in [4.78, 5) is 0. The summed E-state index contributed by atoms with van der Waals surface area (Å²) in [6.07, 6.45) is -0.314. The molecule has 0 saturated heterocycles. The minimum atomic E-state index is -4.57. The molecule has 1 fully saturated rings. The monoisotopic (exact) mass is 298 g/mol. The van der Waals surface area contributed by atoms with Gasteiger partial charge in [-0.25, -0.2) is 0 Å². The molecule has 114 valence electrons. The Hall–Kier alpha value is -1.53. The van der Waals surface area contributed by atoms with E-state index < -0.39 is 6.36 Å². The van der Waals surface area contributed by atoms with Crippen LogP contribution in [0.25, 0.3) is 10.9 Å². The number of hydrogen-bond acceptors (Lipinski definition) is 2. The fourth-order valence-electron chi connectivity index (χ4n) is 2.34. The number of fused-ring (bicyclic) bond motifs is 1. The zero-order valence-corrected chi connectivity index (χ0v) is 11.5. The van der Waals surface area contributed by atoms with E-state index in [9.17, 15) is 13.2 Å². The van der Waals surface area contributed by atoms with E-state index in [1.807, 2.05) is 24.3 Å². The summed E-state index contributed by atoms with van der Waals surface area (Å²) < 4.78 is 41.6. The zero-order chi connectivity index (χ0) is 14.9. The molecule has 0 bridgehead atoms. The first-order valence-corrected chi connectivity index (χ1v) is 7.03. The molecule has 2 aromatic rings. The van der Waals surface area contributed by atoms with Gasteiger partial charge in [0.1, 0.15) is 0 Å². The van der Waals surface area contributed by atoms with Gasteiger partial charge in [-0.2, -0.15) is 0 Å². The van der Waals surface area contributed by atoms with Gasteiger partial charge in [0.25, 0.3) is 0 Å². The predicted molar refractivity (Wildman–Crippen MR) is 73.8 cm³/mol. The van der Waals surface area contributed by atoms with Crippen LogP contribution >= 0.6 is 0 Å². The number of benzene rings is 1. The molecule has 21 heavy (non-hydrogen) atoms. The predicted octanol–water partition coefficient (Wildman–Crippen LogP) is 3.43. The molecule has 1 N–H and O–H groups in total. The van der Waals surface area contributed by atoms with Crippen molar-refractivity contribution in [2.45, 2.75) is 38.3 Å². The molecule has 3 rings (SSSR count). The average molecular weight is 298 g/mol. The number of rotatable bonds is 6. The normalized spacial score (nSPS) is 15.8. The van der Waals surface area contributed by atoms with Crippen LogP contribution in [0.5, 0.6) is 0 Å². The van der Waals surface area contributed by atoms with Crippen molar-refractivity contribution in [3.8, 4) is 0 Å². The van der Waals surface area contributed by atoms with Crippen molar-refractivity contribution in [3.63, 3.8) is 0 Å². The Kier molecular flexibility index (Phi) is 3.91. The van der Waals surface area contributed by atoms with Crippen LogP contribution in [0.3, 0.4) is 0 Å². The summed E-state index contributed by atoms with van der Waals surface area (Å²) >= 11 is 0. The molecule has 0 amide bonds. The molecule has 0 atom stereocenters. The van der Waals surface area contributed by atoms with Gasteiger partial charge < -0.3 is 9.88 Å². The van der Waals surface area contributed by atoms with Crippen molar-refractivity contribution >= 4 is 10.9 Å². The lowest BCUT2D eigenvalue weighted by molar-refractivity contribution is -0.325. The molecule has 3 nitrogen and oxygen atoms in total.